The van der Waals surface area contributed by atoms with Crippen LogP contribution in [0.5, 0.6) is 0 Å². The van der Waals surface area contributed by atoms with Crippen LogP contribution in [0.15, 0.2) is 22.0 Å². The third-order valence-corrected chi connectivity index (χ3v) is 4.04. The smallest absolute Gasteiger partial charge is 0.258 e. The van der Waals surface area contributed by atoms with E-state index in [9.17, 15) is 0 Å². The van der Waals surface area contributed by atoms with Crippen molar-refractivity contribution in [1.82, 2.24) is 10.1 Å². The molecule has 0 fully saturated rings. The van der Waals surface area contributed by atoms with Gasteiger partial charge in [0.2, 0.25) is 0 Å². The lowest BCUT2D eigenvalue weighted by Crippen LogP contribution is -2.04. The second-order valence-corrected chi connectivity index (χ2v) is 5.14. The molecule has 92 valence electrons. The summed E-state index contributed by atoms with van der Waals surface area (Å²) in [4.78, 5) is 5.52. The highest BCUT2D eigenvalue weighted by atomic mass is 32.1. The molecule has 3 rings (SSSR count). The fourth-order valence-corrected chi connectivity index (χ4v) is 2.93. The quantitative estimate of drug-likeness (QED) is 0.768. The molecule has 0 bridgehead atoms. The van der Waals surface area contributed by atoms with Crippen molar-refractivity contribution in [3.63, 3.8) is 0 Å². The van der Waals surface area contributed by atoms with Gasteiger partial charge in [0.25, 0.3) is 5.71 Å². The number of pyridine rings is 1. The van der Waals surface area contributed by atoms with Crippen molar-refractivity contribution >= 4 is 22.4 Å². The summed E-state index contributed by atoms with van der Waals surface area (Å²) in [7, 11) is 0. The molecule has 0 saturated carbocycles. The SMILES string of the molecule is Cc1nc2onc(-c3cccs3)c2c(C)c1CN. The van der Waals surface area contributed by atoms with Crippen molar-refractivity contribution in [3.8, 4) is 10.6 Å². The van der Waals surface area contributed by atoms with E-state index in [1.807, 2.05) is 31.4 Å². The fourth-order valence-electron chi connectivity index (χ4n) is 2.22. The summed E-state index contributed by atoms with van der Waals surface area (Å²) in [5.74, 6) is 0. The molecule has 2 N–H and O–H groups in total. The van der Waals surface area contributed by atoms with Crippen LogP contribution < -0.4 is 5.73 Å². The molecule has 0 unspecified atom stereocenters. The lowest BCUT2D eigenvalue weighted by Gasteiger charge is -2.07. The second kappa shape index (κ2) is 4.19. The van der Waals surface area contributed by atoms with Gasteiger partial charge in [-0.25, -0.2) is 4.98 Å². The maximum absolute atomic E-state index is 5.79. The van der Waals surface area contributed by atoms with E-state index in [0.29, 0.717) is 12.3 Å². The maximum atomic E-state index is 5.79. The monoisotopic (exact) mass is 259 g/mol. The first-order chi connectivity index (χ1) is 8.72. The van der Waals surface area contributed by atoms with Gasteiger partial charge in [-0.2, -0.15) is 0 Å². The van der Waals surface area contributed by atoms with Crippen LogP contribution in [0.2, 0.25) is 0 Å². The first kappa shape index (κ1) is 11.4. The van der Waals surface area contributed by atoms with Crippen LogP contribution in [0.25, 0.3) is 21.7 Å². The molecule has 3 heterocycles. The van der Waals surface area contributed by atoms with E-state index in [4.69, 9.17) is 10.3 Å². The largest absolute Gasteiger partial charge is 0.335 e. The van der Waals surface area contributed by atoms with E-state index in [1.54, 1.807) is 11.3 Å². The lowest BCUT2D eigenvalue weighted by molar-refractivity contribution is 0.451. The van der Waals surface area contributed by atoms with Gasteiger partial charge in [-0.15, -0.1) is 11.3 Å². The summed E-state index contributed by atoms with van der Waals surface area (Å²) in [6, 6.07) is 4.03. The van der Waals surface area contributed by atoms with Gasteiger partial charge in [0.15, 0.2) is 0 Å². The van der Waals surface area contributed by atoms with E-state index in [2.05, 4.69) is 10.1 Å². The molecule has 3 aromatic heterocycles. The van der Waals surface area contributed by atoms with Gasteiger partial charge in [-0.05, 0) is 36.4 Å². The number of aromatic nitrogens is 2. The van der Waals surface area contributed by atoms with Gasteiger partial charge in [-0.1, -0.05) is 11.2 Å². The molecule has 0 aliphatic heterocycles. The van der Waals surface area contributed by atoms with Gasteiger partial charge in [0.05, 0.1) is 10.3 Å². The van der Waals surface area contributed by atoms with Crippen molar-refractivity contribution in [3.05, 3.63) is 34.3 Å². The highest BCUT2D eigenvalue weighted by molar-refractivity contribution is 7.13. The highest BCUT2D eigenvalue weighted by Gasteiger charge is 2.18. The number of thiophene rings is 1. The number of nitrogens with zero attached hydrogens (tertiary/aromatic N) is 2. The second-order valence-electron chi connectivity index (χ2n) is 4.19. The molecule has 0 radical (unpaired) electrons. The minimum absolute atomic E-state index is 0.482. The molecule has 0 aromatic carbocycles. The van der Waals surface area contributed by atoms with Crippen molar-refractivity contribution in [2.75, 3.05) is 0 Å². The van der Waals surface area contributed by atoms with Crippen molar-refractivity contribution < 1.29 is 4.52 Å². The summed E-state index contributed by atoms with van der Waals surface area (Å²) < 4.78 is 5.34. The Labute approximate surface area is 108 Å². The average molecular weight is 259 g/mol. The predicted octanol–water partition coefficient (Wildman–Crippen LogP) is 3.03. The van der Waals surface area contributed by atoms with Gasteiger partial charge >= 0.3 is 0 Å². The molecule has 0 saturated heterocycles. The topological polar surface area (TPSA) is 64.9 Å². The van der Waals surface area contributed by atoms with Crippen LogP contribution in [0.1, 0.15) is 16.8 Å². The molecule has 0 aliphatic rings. The number of fused-ring (bicyclic) bond motifs is 1. The highest BCUT2D eigenvalue weighted by Crippen LogP contribution is 2.34. The molecular formula is C13H13N3OS. The first-order valence-corrected chi connectivity index (χ1v) is 6.59. The number of hydrogen-bond acceptors (Lipinski definition) is 5. The van der Waals surface area contributed by atoms with E-state index in [-0.39, 0.29) is 0 Å². The number of rotatable bonds is 2. The Morgan fingerprint density at radius 3 is 2.89 bits per heavy atom. The van der Waals surface area contributed by atoms with E-state index < -0.39 is 0 Å². The van der Waals surface area contributed by atoms with Crippen LogP contribution in [0, 0.1) is 13.8 Å². The van der Waals surface area contributed by atoms with Crippen LogP contribution in [-0.4, -0.2) is 10.1 Å². The summed E-state index contributed by atoms with van der Waals surface area (Å²) in [6.45, 7) is 4.48. The molecule has 0 amide bonds. The third kappa shape index (κ3) is 1.55. The summed E-state index contributed by atoms with van der Waals surface area (Å²) in [5, 5.41) is 7.15. The molecule has 3 aromatic rings. The molecule has 0 spiro atoms. The number of hydrogen-bond donors (Lipinski definition) is 1. The zero-order chi connectivity index (χ0) is 12.7. The van der Waals surface area contributed by atoms with Gasteiger partial charge in [-0.3, -0.25) is 0 Å². The van der Waals surface area contributed by atoms with Crippen LogP contribution in [0.3, 0.4) is 0 Å². The Bertz CT molecular complexity index is 701. The zero-order valence-electron chi connectivity index (χ0n) is 10.2. The first-order valence-electron chi connectivity index (χ1n) is 5.71. The zero-order valence-corrected chi connectivity index (χ0v) is 11.0. The van der Waals surface area contributed by atoms with Crippen molar-refractivity contribution in [1.29, 1.82) is 0 Å². The Balaban J connectivity index is 2.37. The van der Waals surface area contributed by atoms with E-state index in [0.717, 1.165) is 32.8 Å². The predicted molar refractivity (Wildman–Crippen MR) is 72.5 cm³/mol. The molecule has 0 aliphatic carbocycles. The summed E-state index contributed by atoms with van der Waals surface area (Å²) in [6.07, 6.45) is 0. The Hall–Kier alpha value is -1.72. The summed E-state index contributed by atoms with van der Waals surface area (Å²) in [5.41, 5.74) is 10.3. The number of nitrogens with two attached hydrogens (primary N) is 1. The average Bonchev–Trinajstić information content (AvgIpc) is 2.96. The van der Waals surface area contributed by atoms with Crippen LogP contribution in [-0.2, 0) is 6.54 Å². The Morgan fingerprint density at radius 2 is 2.22 bits per heavy atom. The molecule has 4 nitrogen and oxygen atoms in total. The minimum Gasteiger partial charge on any atom is -0.335 e. The Kier molecular flexibility index (Phi) is 2.65. The minimum atomic E-state index is 0.482. The maximum Gasteiger partial charge on any atom is 0.258 e. The normalized spacial score (nSPS) is 11.3. The molecule has 18 heavy (non-hydrogen) atoms. The Morgan fingerprint density at radius 1 is 1.39 bits per heavy atom. The van der Waals surface area contributed by atoms with Gasteiger partial charge < -0.3 is 10.3 Å². The third-order valence-electron chi connectivity index (χ3n) is 3.17. The van der Waals surface area contributed by atoms with E-state index >= 15 is 0 Å². The summed E-state index contributed by atoms with van der Waals surface area (Å²) >= 11 is 1.64. The van der Waals surface area contributed by atoms with Crippen molar-refractivity contribution in [2.45, 2.75) is 20.4 Å². The number of aryl methyl sites for hydroxylation is 2. The lowest BCUT2D eigenvalue weighted by atomic mass is 10.0. The molecule has 5 heteroatoms. The fraction of sp³-hybridized carbons (Fsp3) is 0.231. The van der Waals surface area contributed by atoms with Gasteiger partial charge in [0.1, 0.15) is 5.69 Å². The molecule has 0 atom stereocenters. The van der Waals surface area contributed by atoms with Crippen LogP contribution >= 0.6 is 11.3 Å². The molecular weight excluding hydrogens is 246 g/mol. The van der Waals surface area contributed by atoms with E-state index in [1.165, 1.54) is 0 Å². The van der Waals surface area contributed by atoms with Crippen LogP contribution in [0.4, 0.5) is 0 Å². The standard InChI is InChI=1S/C13H13N3OS/c1-7-9(6-14)8(2)15-13-11(7)12(16-17-13)10-4-3-5-18-10/h3-5H,6,14H2,1-2H3. The van der Waals surface area contributed by atoms with Crippen molar-refractivity contribution in [2.24, 2.45) is 5.73 Å². The van der Waals surface area contributed by atoms with Gasteiger partial charge in [0, 0.05) is 12.2 Å².